The van der Waals surface area contributed by atoms with Gasteiger partial charge in [0.1, 0.15) is 17.6 Å². The molecular weight excluding hydrogens is 374 g/mol. The molecule has 0 radical (unpaired) electrons. The Balaban J connectivity index is 1.13. The van der Waals surface area contributed by atoms with Gasteiger partial charge in [0.2, 0.25) is 0 Å². The van der Waals surface area contributed by atoms with Crippen LogP contribution in [0.25, 0.3) is 0 Å². The molecule has 2 aliphatic rings. The summed E-state index contributed by atoms with van der Waals surface area (Å²) in [5.74, 6) is 1.97. The second-order valence-corrected chi connectivity index (χ2v) is 8.43. The molecular formula is C26H29NO3. The molecule has 4 nitrogen and oxygen atoms in total. The summed E-state index contributed by atoms with van der Waals surface area (Å²) in [6.07, 6.45) is 10.5. The highest BCUT2D eigenvalue weighted by Crippen LogP contribution is 2.37. The molecule has 156 valence electrons. The first-order valence-corrected chi connectivity index (χ1v) is 11.1. The molecule has 0 saturated heterocycles. The van der Waals surface area contributed by atoms with Crippen LogP contribution in [0.2, 0.25) is 0 Å². The van der Waals surface area contributed by atoms with E-state index in [1.54, 1.807) is 6.26 Å². The molecule has 1 N–H and O–H groups in total. The van der Waals surface area contributed by atoms with E-state index in [0.717, 1.165) is 56.6 Å². The first-order valence-electron chi connectivity index (χ1n) is 11.1. The lowest BCUT2D eigenvalue weighted by Gasteiger charge is -2.30. The number of ether oxygens (including phenoxy) is 2. The molecule has 0 bridgehead atoms. The van der Waals surface area contributed by atoms with E-state index < -0.39 is 0 Å². The van der Waals surface area contributed by atoms with Gasteiger partial charge in [0.15, 0.2) is 0 Å². The number of hydrogen-bond donors (Lipinski definition) is 1. The van der Waals surface area contributed by atoms with E-state index in [1.807, 2.05) is 18.4 Å². The summed E-state index contributed by atoms with van der Waals surface area (Å²) >= 11 is 0. The van der Waals surface area contributed by atoms with Gasteiger partial charge in [-0.15, -0.1) is 0 Å². The minimum Gasteiger partial charge on any atom is -0.490 e. The largest absolute Gasteiger partial charge is 0.490 e. The summed E-state index contributed by atoms with van der Waals surface area (Å²) in [5, 5.41) is 3.63. The molecule has 1 aliphatic carbocycles. The van der Waals surface area contributed by atoms with E-state index in [0.29, 0.717) is 12.1 Å². The third kappa shape index (κ3) is 4.54. The molecule has 30 heavy (non-hydrogen) atoms. The van der Waals surface area contributed by atoms with Crippen LogP contribution < -0.4 is 14.8 Å². The maximum Gasteiger partial charge on any atom is 0.124 e. The topological polar surface area (TPSA) is 43.6 Å². The summed E-state index contributed by atoms with van der Waals surface area (Å²) in [4.78, 5) is 0. The maximum absolute atomic E-state index is 6.33. The average Bonchev–Trinajstić information content (AvgIpc) is 3.33. The first-order chi connectivity index (χ1) is 14.8. The first kappa shape index (κ1) is 19.3. The van der Waals surface area contributed by atoms with Crippen LogP contribution in [0.3, 0.4) is 0 Å². The van der Waals surface area contributed by atoms with Crippen LogP contribution in [0.5, 0.6) is 11.5 Å². The molecule has 1 aromatic heterocycles. The van der Waals surface area contributed by atoms with Gasteiger partial charge in [0.25, 0.3) is 0 Å². The van der Waals surface area contributed by atoms with E-state index in [2.05, 4.69) is 47.8 Å². The fourth-order valence-corrected chi connectivity index (χ4v) is 4.57. The zero-order valence-corrected chi connectivity index (χ0v) is 17.3. The summed E-state index contributed by atoms with van der Waals surface area (Å²) in [7, 11) is 0. The number of rotatable bonds is 6. The Labute approximate surface area is 178 Å². The molecule has 2 aromatic carbocycles. The normalized spacial score (nSPS) is 23.4. The molecule has 4 heteroatoms. The van der Waals surface area contributed by atoms with Crippen molar-refractivity contribution in [1.29, 1.82) is 0 Å². The Morgan fingerprint density at radius 1 is 0.933 bits per heavy atom. The lowest BCUT2D eigenvalue weighted by atomic mass is 9.92. The minimum absolute atomic E-state index is 0.148. The molecule has 0 amide bonds. The smallest absolute Gasteiger partial charge is 0.124 e. The Hall–Kier alpha value is -2.72. The van der Waals surface area contributed by atoms with Gasteiger partial charge in [-0.05, 0) is 73.9 Å². The van der Waals surface area contributed by atoms with Crippen LogP contribution in [-0.2, 0) is 13.0 Å². The van der Waals surface area contributed by atoms with Crippen molar-refractivity contribution in [2.24, 2.45) is 0 Å². The molecule has 5 rings (SSSR count). The third-order valence-electron chi connectivity index (χ3n) is 6.30. The van der Waals surface area contributed by atoms with Crippen LogP contribution in [-0.4, -0.2) is 12.1 Å². The Kier molecular flexibility index (Phi) is 5.76. The van der Waals surface area contributed by atoms with Crippen molar-refractivity contribution in [3.63, 3.8) is 0 Å². The Bertz CT molecular complexity index is 930. The highest BCUT2D eigenvalue weighted by Gasteiger charge is 2.24. The number of aryl methyl sites for hydroxylation is 1. The predicted molar refractivity (Wildman–Crippen MR) is 117 cm³/mol. The molecule has 2 heterocycles. The highest BCUT2D eigenvalue weighted by atomic mass is 16.5. The molecule has 1 aliphatic heterocycles. The maximum atomic E-state index is 6.33. The van der Waals surface area contributed by atoms with Gasteiger partial charge < -0.3 is 19.2 Å². The van der Waals surface area contributed by atoms with Crippen molar-refractivity contribution in [3.8, 4) is 11.5 Å². The molecule has 3 aromatic rings. The van der Waals surface area contributed by atoms with Crippen molar-refractivity contribution in [3.05, 3.63) is 83.8 Å². The lowest BCUT2D eigenvalue weighted by molar-refractivity contribution is 0.138. The monoisotopic (exact) mass is 403 g/mol. The van der Waals surface area contributed by atoms with E-state index in [9.17, 15) is 0 Å². The lowest BCUT2D eigenvalue weighted by Crippen LogP contribution is -2.35. The zero-order chi connectivity index (χ0) is 20.2. The van der Waals surface area contributed by atoms with Gasteiger partial charge in [-0.2, -0.15) is 0 Å². The minimum atomic E-state index is 0.148. The highest BCUT2D eigenvalue weighted by molar-refractivity contribution is 5.42. The van der Waals surface area contributed by atoms with Crippen molar-refractivity contribution in [1.82, 2.24) is 5.32 Å². The Morgan fingerprint density at radius 3 is 2.60 bits per heavy atom. The fourth-order valence-electron chi connectivity index (χ4n) is 4.57. The number of nitrogens with one attached hydrogen (secondary N) is 1. The van der Waals surface area contributed by atoms with Crippen molar-refractivity contribution < 1.29 is 13.9 Å². The van der Waals surface area contributed by atoms with Gasteiger partial charge in [-0.3, -0.25) is 0 Å². The summed E-state index contributed by atoms with van der Waals surface area (Å²) in [6, 6.07) is 19.4. The molecule has 0 spiro atoms. The summed E-state index contributed by atoms with van der Waals surface area (Å²) in [5.41, 5.74) is 3.72. The van der Waals surface area contributed by atoms with Crippen LogP contribution in [0.15, 0.2) is 71.5 Å². The quantitative estimate of drug-likeness (QED) is 0.563. The summed E-state index contributed by atoms with van der Waals surface area (Å²) in [6.45, 7) is 0.876. The Morgan fingerprint density at radius 2 is 1.80 bits per heavy atom. The van der Waals surface area contributed by atoms with Crippen LogP contribution in [0.4, 0.5) is 0 Å². The standard InChI is InChI=1S/C26H29NO3/c1-2-4-20(5-3-1)25-12-6-21-16-24(11-13-26(21)30-25)29-23-9-7-22(8-10-23)27-17-19-14-15-28-18-19/h1-5,11,13-16,18,22-23,25,27H,6-10,12,17H2/t22-,23-,25?. The van der Waals surface area contributed by atoms with Gasteiger partial charge in [-0.25, -0.2) is 0 Å². The van der Waals surface area contributed by atoms with Gasteiger partial charge in [0, 0.05) is 18.2 Å². The predicted octanol–water partition coefficient (Wildman–Crippen LogP) is 5.83. The number of fused-ring (bicyclic) bond motifs is 1. The second-order valence-electron chi connectivity index (χ2n) is 8.43. The van der Waals surface area contributed by atoms with E-state index in [1.165, 1.54) is 16.7 Å². The summed E-state index contributed by atoms with van der Waals surface area (Å²) < 4.78 is 17.7. The van der Waals surface area contributed by atoms with Crippen molar-refractivity contribution in [2.75, 3.05) is 0 Å². The average molecular weight is 404 g/mol. The molecule has 1 unspecified atom stereocenters. The molecule has 1 fully saturated rings. The van der Waals surface area contributed by atoms with Gasteiger partial charge in [-0.1, -0.05) is 30.3 Å². The van der Waals surface area contributed by atoms with Crippen LogP contribution in [0, 0.1) is 0 Å². The van der Waals surface area contributed by atoms with E-state index in [4.69, 9.17) is 13.9 Å². The number of benzene rings is 2. The number of furan rings is 1. The third-order valence-corrected chi connectivity index (χ3v) is 6.30. The fraction of sp³-hybridized carbons (Fsp3) is 0.385. The SMILES string of the molecule is c1ccc(C2CCc3cc(O[C@H]4CC[C@H](NCc5ccoc5)CC4)ccc3O2)cc1. The van der Waals surface area contributed by atoms with Gasteiger partial charge in [0.05, 0.1) is 18.6 Å². The van der Waals surface area contributed by atoms with Gasteiger partial charge >= 0.3 is 0 Å². The van der Waals surface area contributed by atoms with Crippen LogP contribution in [0.1, 0.15) is 54.9 Å². The van der Waals surface area contributed by atoms with E-state index >= 15 is 0 Å². The molecule has 1 atom stereocenters. The van der Waals surface area contributed by atoms with Crippen molar-refractivity contribution in [2.45, 2.75) is 63.3 Å². The van der Waals surface area contributed by atoms with E-state index in [-0.39, 0.29) is 6.10 Å². The van der Waals surface area contributed by atoms with Crippen LogP contribution >= 0.6 is 0 Å². The van der Waals surface area contributed by atoms with Crippen molar-refractivity contribution >= 4 is 0 Å². The number of hydrogen-bond acceptors (Lipinski definition) is 4. The zero-order valence-electron chi connectivity index (χ0n) is 17.3. The molecule has 1 saturated carbocycles. The second kappa shape index (κ2) is 8.97.